The minimum atomic E-state index is 0.913. The molecule has 5 heteroatoms. The average Bonchev–Trinajstić information content (AvgIpc) is 2.06. The van der Waals surface area contributed by atoms with Crippen LogP contribution in [-0.2, 0) is 0 Å². The summed E-state index contributed by atoms with van der Waals surface area (Å²) in [6.45, 7) is 1.87. The molecule has 0 bridgehead atoms. The van der Waals surface area contributed by atoms with Crippen LogP contribution in [0.3, 0.4) is 0 Å². The molecule has 0 amide bonds. The standard InChI is InChI=1S/C6H7IN4/c7-5-4-6(11-3-10-5)9-2-1-8-4/h3,8H,1-2H2,(H,9,10,11). The average molecular weight is 262 g/mol. The molecule has 11 heavy (non-hydrogen) atoms. The minimum absolute atomic E-state index is 0.913. The lowest BCUT2D eigenvalue weighted by molar-refractivity contribution is 0.989. The summed E-state index contributed by atoms with van der Waals surface area (Å²) in [5.41, 5.74) is 1.03. The largest absolute Gasteiger partial charge is 0.378 e. The summed E-state index contributed by atoms with van der Waals surface area (Å²) in [7, 11) is 0. The highest BCUT2D eigenvalue weighted by Crippen LogP contribution is 2.24. The number of hydrogen-bond acceptors (Lipinski definition) is 4. The second kappa shape index (κ2) is 2.80. The Bertz CT molecular complexity index is 275. The predicted molar refractivity (Wildman–Crippen MR) is 51.7 cm³/mol. The van der Waals surface area contributed by atoms with Crippen LogP contribution in [0.25, 0.3) is 0 Å². The Morgan fingerprint density at radius 1 is 1.27 bits per heavy atom. The second-order valence-corrected chi connectivity index (χ2v) is 3.26. The van der Waals surface area contributed by atoms with Gasteiger partial charge in [0.05, 0.1) is 0 Å². The van der Waals surface area contributed by atoms with Crippen LogP contribution < -0.4 is 10.6 Å². The number of rotatable bonds is 0. The molecular formula is C6H7IN4. The van der Waals surface area contributed by atoms with E-state index < -0.39 is 0 Å². The fourth-order valence-corrected chi connectivity index (χ4v) is 1.59. The van der Waals surface area contributed by atoms with Crippen molar-refractivity contribution in [1.82, 2.24) is 9.97 Å². The summed E-state index contributed by atoms with van der Waals surface area (Å²) in [6.07, 6.45) is 1.57. The Morgan fingerprint density at radius 2 is 2.09 bits per heavy atom. The van der Waals surface area contributed by atoms with Crippen LogP contribution in [0.2, 0.25) is 0 Å². The molecule has 0 unspecified atom stereocenters. The molecule has 0 saturated heterocycles. The Labute approximate surface area is 78.0 Å². The van der Waals surface area contributed by atoms with Crippen molar-refractivity contribution in [2.75, 3.05) is 23.7 Å². The first-order valence-electron chi connectivity index (χ1n) is 3.36. The van der Waals surface area contributed by atoms with Crippen LogP contribution in [0.4, 0.5) is 11.5 Å². The van der Waals surface area contributed by atoms with Gasteiger partial charge in [-0.25, -0.2) is 9.97 Å². The van der Waals surface area contributed by atoms with E-state index in [-0.39, 0.29) is 0 Å². The van der Waals surface area contributed by atoms with Gasteiger partial charge in [0.2, 0.25) is 0 Å². The quantitative estimate of drug-likeness (QED) is 0.539. The number of nitrogens with one attached hydrogen (secondary N) is 2. The van der Waals surface area contributed by atoms with Gasteiger partial charge in [-0.2, -0.15) is 0 Å². The van der Waals surface area contributed by atoms with Crippen LogP contribution in [0, 0.1) is 3.70 Å². The number of anilines is 2. The third-order valence-corrected chi connectivity index (χ3v) is 2.34. The maximum Gasteiger partial charge on any atom is 0.154 e. The predicted octanol–water partition coefficient (Wildman–Crippen LogP) is 0.919. The first-order chi connectivity index (χ1) is 5.38. The Balaban J connectivity index is 2.49. The number of hydrogen-bond donors (Lipinski definition) is 2. The number of halogens is 1. The minimum Gasteiger partial charge on any atom is -0.378 e. The van der Waals surface area contributed by atoms with E-state index in [0.717, 1.165) is 28.3 Å². The molecule has 0 fully saturated rings. The fourth-order valence-electron chi connectivity index (χ4n) is 1.02. The van der Waals surface area contributed by atoms with Crippen LogP contribution >= 0.6 is 22.6 Å². The lowest BCUT2D eigenvalue weighted by atomic mass is 10.4. The Kier molecular flexibility index (Phi) is 1.80. The fraction of sp³-hybridized carbons (Fsp3) is 0.333. The van der Waals surface area contributed by atoms with Gasteiger partial charge in [0.1, 0.15) is 15.7 Å². The molecule has 1 aliphatic rings. The van der Waals surface area contributed by atoms with Gasteiger partial charge in [-0.05, 0) is 22.6 Å². The third-order valence-electron chi connectivity index (χ3n) is 1.52. The van der Waals surface area contributed by atoms with Crippen molar-refractivity contribution >= 4 is 34.1 Å². The lowest BCUT2D eigenvalue weighted by Crippen LogP contribution is -2.22. The van der Waals surface area contributed by atoms with Gasteiger partial charge in [-0.15, -0.1) is 0 Å². The molecule has 0 saturated carbocycles. The van der Waals surface area contributed by atoms with E-state index in [1.54, 1.807) is 6.33 Å². The van der Waals surface area contributed by atoms with E-state index >= 15 is 0 Å². The molecule has 4 nitrogen and oxygen atoms in total. The van der Waals surface area contributed by atoms with Gasteiger partial charge in [0.25, 0.3) is 0 Å². The van der Waals surface area contributed by atoms with Crippen molar-refractivity contribution in [3.8, 4) is 0 Å². The highest BCUT2D eigenvalue weighted by atomic mass is 127. The molecule has 1 aliphatic heterocycles. The molecule has 2 rings (SSSR count). The zero-order valence-corrected chi connectivity index (χ0v) is 7.92. The lowest BCUT2D eigenvalue weighted by Gasteiger charge is -2.18. The third kappa shape index (κ3) is 1.24. The van der Waals surface area contributed by atoms with Gasteiger partial charge in [-0.3, -0.25) is 0 Å². The summed E-state index contributed by atoms with van der Waals surface area (Å²) in [5, 5.41) is 6.42. The van der Waals surface area contributed by atoms with Gasteiger partial charge < -0.3 is 10.6 Å². The van der Waals surface area contributed by atoms with E-state index in [9.17, 15) is 0 Å². The van der Waals surface area contributed by atoms with Crippen molar-refractivity contribution in [2.45, 2.75) is 0 Å². The van der Waals surface area contributed by atoms with Gasteiger partial charge in [-0.1, -0.05) is 0 Å². The summed E-state index contributed by atoms with van der Waals surface area (Å²) >= 11 is 2.19. The number of fused-ring (bicyclic) bond motifs is 1. The van der Waals surface area contributed by atoms with E-state index in [2.05, 4.69) is 43.2 Å². The molecule has 2 heterocycles. The van der Waals surface area contributed by atoms with E-state index in [1.807, 2.05) is 0 Å². The summed E-state index contributed by atoms with van der Waals surface area (Å²) < 4.78 is 0.972. The summed E-state index contributed by atoms with van der Waals surface area (Å²) in [6, 6.07) is 0. The van der Waals surface area contributed by atoms with Crippen LogP contribution in [0.1, 0.15) is 0 Å². The van der Waals surface area contributed by atoms with Crippen LogP contribution in [-0.4, -0.2) is 23.1 Å². The van der Waals surface area contributed by atoms with E-state index in [4.69, 9.17) is 0 Å². The first kappa shape index (κ1) is 7.08. The molecule has 0 aliphatic carbocycles. The molecule has 0 spiro atoms. The van der Waals surface area contributed by atoms with Crippen molar-refractivity contribution < 1.29 is 0 Å². The maximum atomic E-state index is 4.09. The van der Waals surface area contributed by atoms with Crippen molar-refractivity contribution in [3.05, 3.63) is 10.0 Å². The Hall–Kier alpha value is -0.590. The molecule has 0 radical (unpaired) electrons. The molecular weight excluding hydrogens is 255 g/mol. The normalized spacial score (nSPS) is 14.6. The summed E-state index contributed by atoms with van der Waals surface area (Å²) in [4.78, 5) is 8.16. The Morgan fingerprint density at radius 3 is 2.91 bits per heavy atom. The maximum absolute atomic E-state index is 4.09. The van der Waals surface area contributed by atoms with Crippen LogP contribution in [0.15, 0.2) is 6.33 Å². The topological polar surface area (TPSA) is 49.8 Å². The van der Waals surface area contributed by atoms with E-state index in [0.29, 0.717) is 0 Å². The zero-order valence-electron chi connectivity index (χ0n) is 5.76. The summed E-state index contributed by atoms with van der Waals surface area (Å²) in [5.74, 6) is 0.913. The van der Waals surface area contributed by atoms with Gasteiger partial charge >= 0.3 is 0 Å². The second-order valence-electron chi connectivity index (χ2n) is 2.24. The molecule has 58 valence electrons. The molecule has 1 aromatic heterocycles. The smallest absolute Gasteiger partial charge is 0.154 e. The molecule has 0 aromatic carbocycles. The molecule has 2 N–H and O–H groups in total. The monoisotopic (exact) mass is 262 g/mol. The van der Waals surface area contributed by atoms with E-state index in [1.165, 1.54) is 0 Å². The van der Waals surface area contributed by atoms with Crippen molar-refractivity contribution in [2.24, 2.45) is 0 Å². The van der Waals surface area contributed by atoms with Crippen molar-refractivity contribution in [3.63, 3.8) is 0 Å². The first-order valence-corrected chi connectivity index (χ1v) is 4.44. The zero-order chi connectivity index (χ0) is 7.68. The number of aromatic nitrogens is 2. The highest BCUT2D eigenvalue weighted by molar-refractivity contribution is 14.1. The molecule has 1 aromatic rings. The number of nitrogens with zero attached hydrogens (tertiary/aromatic N) is 2. The van der Waals surface area contributed by atoms with Gasteiger partial charge in [0, 0.05) is 13.1 Å². The SMILES string of the molecule is Ic1ncnc2c1NCCN2. The van der Waals surface area contributed by atoms with Crippen molar-refractivity contribution in [1.29, 1.82) is 0 Å². The van der Waals surface area contributed by atoms with Crippen LogP contribution in [0.5, 0.6) is 0 Å². The highest BCUT2D eigenvalue weighted by Gasteiger charge is 2.11. The molecule has 0 atom stereocenters. The van der Waals surface area contributed by atoms with Gasteiger partial charge in [0.15, 0.2) is 5.82 Å².